The fourth-order valence-corrected chi connectivity index (χ4v) is 0.536. The van der Waals surface area contributed by atoms with Crippen molar-refractivity contribution in [3.05, 3.63) is 0 Å². The van der Waals surface area contributed by atoms with Crippen molar-refractivity contribution in [2.75, 3.05) is 13.6 Å². The molecule has 0 amide bonds. The molecule has 0 saturated carbocycles. The Kier molecular flexibility index (Phi) is 5.49. The molecule has 0 N–H and O–H groups in total. The van der Waals surface area contributed by atoms with Crippen LogP contribution in [0.4, 0.5) is 0 Å². The van der Waals surface area contributed by atoms with E-state index in [0.717, 1.165) is 13.0 Å². The molecule has 0 aliphatic carbocycles. The van der Waals surface area contributed by atoms with Gasteiger partial charge in [0.05, 0.1) is 0 Å². The summed E-state index contributed by atoms with van der Waals surface area (Å²) >= 11 is 0. The molecule has 0 aromatic rings. The average Bonchev–Trinajstić information content (AvgIpc) is 2.03. The number of nitrogens with zero attached hydrogens (tertiary/aromatic N) is 3. The molecule has 0 aliphatic rings. The van der Waals surface area contributed by atoms with E-state index >= 15 is 0 Å². The molecule has 0 bridgehead atoms. The number of hydrogen-bond acceptors (Lipinski definition) is 3. The zero-order valence-corrected chi connectivity index (χ0v) is 7.83. The van der Waals surface area contributed by atoms with Gasteiger partial charge in [-0.1, -0.05) is 6.92 Å². The quantitative estimate of drug-likeness (QED) is 0.449. The van der Waals surface area contributed by atoms with Crippen LogP contribution in [0.3, 0.4) is 0 Å². The molecular weight excluding hydrogens is 138 g/mol. The van der Waals surface area contributed by atoms with E-state index in [9.17, 15) is 0 Å². The first-order valence-corrected chi connectivity index (χ1v) is 4.07. The van der Waals surface area contributed by atoms with Gasteiger partial charge in [0.2, 0.25) is 0 Å². The van der Waals surface area contributed by atoms with Crippen LogP contribution in [0.25, 0.3) is 0 Å². The van der Waals surface area contributed by atoms with Gasteiger partial charge in [-0.3, -0.25) is 5.01 Å². The van der Waals surface area contributed by atoms with E-state index in [1.54, 1.807) is 0 Å². The molecule has 64 valence electrons. The second-order valence-corrected chi connectivity index (χ2v) is 2.51. The van der Waals surface area contributed by atoms with Crippen molar-refractivity contribution in [1.82, 2.24) is 5.01 Å². The molecule has 0 aromatic heterocycles. The van der Waals surface area contributed by atoms with Gasteiger partial charge in [-0.05, 0) is 20.3 Å². The Morgan fingerprint density at radius 3 is 2.55 bits per heavy atom. The minimum Gasteiger partial charge on any atom is -0.288 e. The second kappa shape index (κ2) is 5.93. The van der Waals surface area contributed by atoms with Gasteiger partial charge in [0.25, 0.3) is 0 Å². The van der Waals surface area contributed by atoms with Crippen molar-refractivity contribution in [2.45, 2.75) is 33.2 Å². The van der Waals surface area contributed by atoms with Crippen LogP contribution in [-0.4, -0.2) is 30.7 Å². The van der Waals surface area contributed by atoms with E-state index in [0.29, 0.717) is 6.04 Å². The van der Waals surface area contributed by atoms with Gasteiger partial charge < -0.3 is 0 Å². The van der Waals surface area contributed by atoms with Crippen LogP contribution in [0.1, 0.15) is 27.2 Å². The summed E-state index contributed by atoms with van der Waals surface area (Å²) in [5.74, 6) is 0. The highest BCUT2D eigenvalue weighted by molar-refractivity contribution is 5.40. The van der Waals surface area contributed by atoms with E-state index in [1.165, 1.54) is 0 Å². The van der Waals surface area contributed by atoms with Crippen molar-refractivity contribution < 1.29 is 0 Å². The van der Waals surface area contributed by atoms with Gasteiger partial charge in [-0.25, -0.2) is 4.99 Å². The summed E-state index contributed by atoms with van der Waals surface area (Å²) in [7, 11) is 1.94. The highest BCUT2D eigenvalue weighted by atomic mass is 15.4. The summed E-state index contributed by atoms with van der Waals surface area (Å²) in [6.07, 6.45) is 1.09. The SMILES string of the molecule is CCN=C=NN(C)C(C)CC. The maximum atomic E-state index is 4.00. The highest BCUT2D eigenvalue weighted by Crippen LogP contribution is 1.98. The van der Waals surface area contributed by atoms with Crippen molar-refractivity contribution in [2.24, 2.45) is 10.1 Å². The molecule has 0 spiro atoms. The van der Waals surface area contributed by atoms with Crippen LogP contribution >= 0.6 is 0 Å². The molecule has 3 heteroatoms. The third-order valence-corrected chi connectivity index (χ3v) is 1.66. The molecule has 0 aliphatic heterocycles. The standard InChI is InChI=1S/C8H17N3/c1-5-8(3)11(4)10-7-9-6-2/h8H,5-6H2,1-4H3. The molecule has 0 saturated heterocycles. The zero-order valence-electron chi connectivity index (χ0n) is 7.83. The molecule has 0 heterocycles. The van der Waals surface area contributed by atoms with E-state index in [1.807, 2.05) is 19.0 Å². The Bertz CT molecular complexity index is 147. The fourth-order valence-electron chi connectivity index (χ4n) is 0.536. The van der Waals surface area contributed by atoms with Crippen LogP contribution in [-0.2, 0) is 0 Å². The Hall–Kier alpha value is -0.820. The normalized spacial score (nSPS) is 11.6. The number of aliphatic imine (C=N–C) groups is 1. The maximum absolute atomic E-state index is 4.00. The van der Waals surface area contributed by atoms with E-state index in [2.05, 4.69) is 29.9 Å². The van der Waals surface area contributed by atoms with Gasteiger partial charge in [-0.15, -0.1) is 5.10 Å². The van der Waals surface area contributed by atoms with Gasteiger partial charge >= 0.3 is 0 Å². The van der Waals surface area contributed by atoms with Crippen molar-refractivity contribution >= 4 is 6.01 Å². The molecule has 1 atom stereocenters. The number of rotatable bonds is 4. The molecule has 0 radical (unpaired) electrons. The monoisotopic (exact) mass is 155 g/mol. The van der Waals surface area contributed by atoms with Crippen LogP contribution in [0.15, 0.2) is 10.1 Å². The van der Waals surface area contributed by atoms with Crippen LogP contribution in [0.5, 0.6) is 0 Å². The molecule has 0 rings (SSSR count). The molecule has 3 nitrogen and oxygen atoms in total. The number of hydrazone groups is 1. The topological polar surface area (TPSA) is 28.0 Å². The highest BCUT2D eigenvalue weighted by Gasteiger charge is 2.00. The third-order valence-electron chi connectivity index (χ3n) is 1.66. The van der Waals surface area contributed by atoms with Crippen molar-refractivity contribution in [3.63, 3.8) is 0 Å². The minimum absolute atomic E-state index is 0.467. The molecule has 11 heavy (non-hydrogen) atoms. The van der Waals surface area contributed by atoms with Crippen LogP contribution in [0, 0.1) is 0 Å². The molecule has 1 unspecified atom stereocenters. The summed E-state index contributed by atoms with van der Waals surface area (Å²) in [5.41, 5.74) is 0. The third kappa shape index (κ3) is 4.57. The minimum atomic E-state index is 0.467. The van der Waals surface area contributed by atoms with Crippen molar-refractivity contribution in [1.29, 1.82) is 0 Å². The van der Waals surface area contributed by atoms with E-state index in [4.69, 9.17) is 0 Å². The average molecular weight is 155 g/mol. The summed E-state index contributed by atoms with van der Waals surface area (Å²) in [4.78, 5) is 3.87. The Balaban J connectivity index is 3.84. The Morgan fingerprint density at radius 2 is 2.09 bits per heavy atom. The van der Waals surface area contributed by atoms with E-state index in [-0.39, 0.29) is 0 Å². The lowest BCUT2D eigenvalue weighted by Gasteiger charge is -2.17. The van der Waals surface area contributed by atoms with Gasteiger partial charge in [0.15, 0.2) is 0 Å². The first kappa shape index (κ1) is 10.2. The lowest BCUT2D eigenvalue weighted by atomic mass is 10.3. The van der Waals surface area contributed by atoms with E-state index < -0.39 is 0 Å². The Labute approximate surface area is 68.8 Å². The largest absolute Gasteiger partial charge is 0.288 e. The van der Waals surface area contributed by atoms with Gasteiger partial charge in [0.1, 0.15) is 6.01 Å². The first-order valence-electron chi connectivity index (χ1n) is 4.07. The lowest BCUT2D eigenvalue weighted by molar-refractivity contribution is 0.266. The van der Waals surface area contributed by atoms with Gasteiger partial charge in [0, 0.05) is 19.6 Å². The predicted molar refractivity (Wildman–Crippen MR) is 47.9 cm³/mol. The molecule has 0 aromatic carbocycles. The summed E-state index contributed by atoms with van der Waals surface area (Å²) in [6, 6.07) is 3.09. The smallest absolute Gasteiger partial charge is 0.114 e. The second-order valence-electron chi connectivity index (χ2n) is 2.51. The van der Waals surface area contributed by atoms with Crippen molar-refractivity contribution in [3.8, 4) is 0 Å². The summed E-state index contributed by atoms with van der Waals surface area (Å²) < 4.78 is 0. The molecular formula is C8H17N3. The maximum Gasteiger partial charge on any atom is 0.114 e. The zero-order chi connectivity index (χ0) is 8.69. The van der Waals surface area contributed by atoms with Crippen LogP contribution in [0.2, 0.25) is 0 Å². The number of hydrogen-bond donors (Lipinski definition) is 0. The molecule has 0 fully saturated rings. The summed E-state index contributed by atoms with van der Waals surface area (Å²) in [6.45, 7) is 6.97. The first-order chi connectivity index (χ1) is 5.22. The van der Waals surface area contributed by atoms with Gasteiger partial charge in [-0.2, -0.15) is 0 Å². The van der Waals surface area contributed by atoms with Crippen LogP contribution < -0.4 is 0 Å². The lowest BCUT2D eigenvalue weighted by Crippen LogP contribution is -2.22. The predicted octanol–water partition coefficient (Wildman–Crippen LogP) is 1.83. The fraction of sp³-hybridized carbons (Fsp3) is 0.875. The summed E-state index contributed by atoms with van der Waals surface area (Å²) in [5, 5.41) is 5.88. The Morgan fingerprint density at radius 1 is 1.45 bits per heavy atom.